The van der Waals surface area contributed by atoms with Gasteiger partial charge in [-0.05, 0) is 74.9 Å². The number of hydrogen-bond acceptors (Lipinski definition) is 3. The quantitative estimate of drug-likeness (QED) is 0.863. The van der Waals surface area contributed by atoms with Gasteiger partial charge in [-0.3, -0.25) is 0 Å². The van der Waals surface area contributed by atoms with Crippen LogP contribution in [0, 0.1) is 34.6 Å². The number of halogens is 1. The zero-order chi connectivity index (χ0) is 15.6. The summed E-state index contributed by atoms with van der Waals surface area (Å²) >= 11 is 0. The van der Waals surface area contributed by atoms with Crippen LogP contribution < -0.4 is 5.73 Å². The fourth-order valence-corrected chi connectivity index (χ4v) is 2.54. The van der Waals surface area contributed by atoms with Gasteiger partial charge < -0.3 is 10.5 Å². The highest BCUT2D eigenvalue weighted by molar-refractivity contribution is 5.76. The van der Waals surface area contributed by atoms with E-state index in [4.69, 9.17) is 10.5 Å². The number of benzene rings is 1. The molecule has 0 bridgehead atoms. The Labute approximate surface area is 120 Å². The first-order valence-electron chi connectivity index (χ1n) is 6.87. The summed E-state index contributed by atoms with van der Waals surface area (Å²) < 4.78 is 18.9. The van der Waals surface area contributed by atoms with Gasteiger partial charge in [-0.2, -0.15) is 0 Å². The Hall–Kier alpha value is -1.42. The molecule has 0 spiro atoms. The summed E-state index contributed by atoms with van der Waals surface area (Å²) in [6.07, 6.45) is -1.84. The Kier molecular flexibility index (Phi) is 5.28. The zero-order valence-corrected chi connectivity index (χ0v) is 13.1. The second kappa shape index (κ2) is 6.35. The molecule has 112 valence electrons. The molecule has 1 unspecified atom stereocenters. The van der Waals surface area contributed by atoms with E-state index in [1.165, 1.54) is 5.56 Å². The molecular formula is C16H24FNO2. The first-order chi connectivity index (χ1) is 9.23. The van der Waals surface area contributed by atoms with E-state index in [2.05, 4.69) is 0 Å². The highest BCUT2D eigenvalue weighted by Crippen LogP contribution is 2.31. The van der Waals surface area contributed by atoms with Crippen molar-refractivity contribution in [3.05, 3.63) is 33.4 Å². The highest BCUT2D eigenvalue weighted by atomic mass is 19.1. The Bertz CT molecular complexity index is 497. The lowest BCUT2D eigenvalue weighted by Crippen LogP contribution is -2.33. The van der Waals surface area contributed by atoms with E-state index in [1.807, 2.05) is 34.6 Å². The summed E-state index contributed by atoms with van der Waals surface area (Å²) in [4.78, 5) is 11.5. The van der Waals surface area contributed by atoms with Gasteiger partial charge in [0.05, 0.1) is 12.6 Å². The minimum Gasteiger partial charge on any atom is -0.464 e. The topological polar surface area (TPSA) is 52.3 Å². The van der Waals surface area contributed by atoms with E-state index in [1.54, 1.807) is 6.92 Å². The third-order valence-corrected chi connectivity index (χ3v) is 4.22. The third kappa shape index (κ3) is 2.85. The lowest BCUT2D eigenvalue weighted by molar-refractivity contribution is -0.149. The first kappa shape index (κ1) is 16.6. The Morgan fingerprint density at radius 3 is 1.85 bits per heavy atom. The van der Waals surface area contributed by atoms with Crippen LogP contribution in [-0.2, 0) is 9.53 Å². The lowest BCUT2D eigenvalue weighted by atomic mass is 9.85. The van der Waals surface area contributed by atoms with E-state index in [-0.39, 0.29) is 6.61 Å². The molecule has 0 amide bonds. The van der Waals surface area contributed by atoms with Crippen LogP contribution in [0.15, 0.2) is 0 Å². The number of alkyl halides is 1. The molecule has 0 aliphatic rings. The second-order valence-electron chi connectivity index (χ2n) is 5.22. The van der Waals surface area contributed by atoms with Crippen LogP contribution >= 0.6 is 0 Å². The van der Waals surface area contributed by atoms with Crippen LogP contribution in [0.25, 0.3) is 0 Å². The number of carbonyl (C=O) groups is 1. The van der Waals surface area contributed by atoms with E-state index < -0.39 is 18.2 Å². The summed E-state index contributed by atoms with van der Waals surface area (Å²) in [7, 11) is 0. The fourth-order valence-electron chi connectivity index (χ4n) is 2.54. The highest BCUT2D eigenvalue weighted by Gasteiger charge is 2.31. The van der Waals surface area contributed by atoms with E-state index in [0.29, 0.717) is 5.56 Å². The largest absolute Gasteiger partial charge is 0.464 e. The predicted octanol–water partition coefficient (Wildman–Crippen LogP) is 3.13. The number of hydrogen-bond donors (Lipinski definition) is 1. The van der Waals surface area contributed by atoms with Crippen molar-refractivity contribution in [2.45, 2.75) is 53.8 Å². The fraction of sp³-hybridized carbons (Fsp3) is 0.562. The maximum atomic E-state index is 14.2. The van der Waals surface area contributed by atoms with E-state index >= 15 is 0 Å². The van der Waals surface area contributed by atoms with Crippen LogP contribution in [0.4, 0.5) is 4.39 Å². The van der Waals surface area contributed by atoms with E-state index in [0.717, 1.165) is 22.3 Å². The van der Waals surface area contributed by atoms with Crippen LogP contribution in [0.2, 0.25) is 0 Å². The maximum absolute atomic E-state index is 14.2. The van der Waals surface area contributed by atoms with Crippen LogP contribution in [0.3, 0.4) is 0 Å². The molecule has 0 saturated heterocycles. The molecule has 2 N–H and O–H groups in total. The summed E-state index contributed by atoms with van der Waals surface area (Å²) in [5.74, 6) is -0.894. The molecule has 0 saturated carbocycles. The molecule has 4 heteroatoms. The molecule has 0 aromatic heterocycles. The number of rotatable bonds is 4. The molecule has 1 rings (SSSR count). The van der Waals surface area contributed by atoms with Crippen molar-refractivity contribution in [3.8, 4) is 0 Å². The van der Waals surface area contributed by atoms with E-state index in [9.17, 15) is 9.18 Å². The molecule has 1 aromatic carbocycles. The number of carbonyl (C=O) groups excluding carboxylic acids is 1. The molecule has 20 heavy (non-hydrogen) atoms. The lowest BCUT2D eigenvalue weighted by Gasteiger charge is -2.24. The van der Waals surface area contributed by atoms with Gasteiger partial charge in [0.2, 0.25) is 6.17 Å². The van der Waals surface area contributed by atoms with Crippen molar-refractivity contribution in [1.82, 2.24) is 0 Å². The smallest absolute Gasteiger partial charge is 0.342 e. The van der Waals surface area contributed by atoms with Gasteiger partial charge in [-0.1, -0.05) is 0 Å². The summed E-state index contributed by atoms with van der Waals surface area (Å²) in [5.41, 5.74) is 12.0. The summed E-state index contributed by atoms with van der Waals surface area (Å²) in [6, 6.07) is -0.993. The first-order valence-corrected chi connectivity index (χ1v) is 6.87. The van der Waals surface area contributed by atoms with Crippen LogP contribution in [0.1, 0.15) is 46.3 Å². The minimum atomic E-state index is -1.84. The summed E-state index contributed by atoms with van der Waals surface area (Å²) in [5, 5.41) is 0. The molecule has 0 radical (unpaired) electrons. The molecule has 3 nitrogen and oxygen atoms in total. The van der Waals surface area contributed by atoms with Crippen molar-refractivity contribution in [1.29, 1.82) is 0 Å². The SMILES string of the molecule is CCOC(=O)C(F)[C@@H](N)c1c(C)c(C)c(C)c(C)c1C. The zero-order valence-electron chi connectivity index (χ0n) is 13.1. The Balaban J connectivity index is 3.30. The molecule has 0 aliphatic heterocycles. The Morgan fingerprint density at radius 1 is 1.05 bits per heavy atom. The normalized spacial score (nSPS) is 14.0. The summed E-state index contributed by atoms with van der Waals surface area (Å²) in [6.45, 7) is 11.7. The molecule has 0 fully saturated rings. The third-order valence-electron chi connectivity index (χ3n) is 4.22. The van der Waals surface area contributed by atoms with Crippen molar-refractivity contribution >= 4 is 5.97 Å². The average molecular weight is 281 g/mol. The number of esters is 1. The van der Waals surface area contributed by atoms with Crippen molar-refractivity contribution in [3.63, 3.8) is 0 Å². The Morgan fingerprint density at radius 2 is 1.45 bits per heavy atom. The number of nitrogens with two attached hydrogens (primary N) is 1. The van der Waals surface area contributed by atoms with Gasteiger partial charge >= 0.3 is 5.97 Å². The van der Waals surface area contributed by atoms with Gasteiger partial charge in [0, 0.05) is 0 Å². The van der Waals surface area contributed by atoms with Crippen LogP contribution in [-0.4, -0.2) is 18.7 Å². The van der Waals surface area contributed by atoms with Gasteiger partial charge in [0.25, 0.3) is 0 Å². The minimum absolute atomic E-state index is 0.149. The molecular weight excluding hydrogens is 257 g/mol. The van der Waals surface area contributed by atoms with Gasteiger partial charge in [0.1, 0.15) is 0 Å². The van der Waals surface area contributed by atoms with Gasteiger partial charge in [-0.25, -0.2) is 9.18 Å². The van der Waals surface area contributed by atoms with Gasteiger partial charge in [0.15, 0.2) is 0 Å². The molecule has 1 aromatic rings. The van der Waals surface area contributed by atoms with Gasteiger partial charge in [-0.15, -0.1) is 0 Å². The number of ether oxygens (including phenoxy) is 1. The monoisotopic (exact) mass is 281 g/mol. The van der Waals surface area contributed by atoms with Crippen LogP contribution in [0.5, 0.6) is 0 Å². The molecule has 0 aliphatic carbocycles. The predicted molar refractivity (Wildman–Crippen MR) is 78.6 cm³/mol. The maximum Gasteiger partial charge on any atom is 0.342 e. The van der Waals surface area contributed by atoms with Crippen molar-refractivity contribution in [2.75, 3.05) is 6.61 Å². The van der Waals surface area contributed by atoms with Crippen molar-refractivity contribution < 1.29 is 13.9 Å². The average Bonchev–Trinajstić information content (AvgIpc) is 2.42. The second-order valence-corrected chi connectivity index (χ2v) is 5.22. The molecule has 0 heterocycles. The molecule has 2 atom stereocenters. The standard InChI is InChI=1S/C16H24FNO2/c1-7-20-16(19)14(17)15(18)13-11(5)9(3)8(2)10(4)12(13)6/h14-15H,7,18H2,1-6H3/t14?,15-/m0/s1. The van der Waals surface area contributed by atoms with Crippen molar-refractivity contribution in [2.24, 2.45) is 5.73 Å².